The van der Waals surface area contributed by atoms with E-state index in [9.17, 15) is 9.59 Å². The van der Waals surface area contributed by atoms with Gasteiger partial charge in [-0.2, -0.15) is 0 Å². The van der Waals surface area contributed by atoms with Gasteiger partial charge in [0.25, 0.3) is 0 Å². The molecule has 1 saturated heterocycles. The first-order chi connectivity index (χ1) is 10.5. The standard InChI is InChI=1S/C16H23N3O3/c1-10(13-5-4-6-14(9-13)19-12(3)20)18-16(21)15-11(2)22-8-7-17-15/h4-6,9-11,15,17H,7-8H2,1-3H3,(H,18,21)(H,19,20)/t10?,11-,15+/m1/s1. The molecule has 1 aromatic rings. The highest BCUT2D eigenvalue weighted by atomic mass is 16.5. The van der Waals surface area contributed by atoms with Crippen molar-refractivity contribution in [1.82, 2.24) is 10.6 Å². The molecule has 0 saturated carbocycles. The summed E-state index contributed by atoms with van der Waals surface area (Å²) < 4.78 is 5.49. The predicted molar refractivity (Wildman–Crippen MR) is 84.5 cm³/mol. The van der Waals surface area contributed by atoms with Gasteiger partial charge in [0.15, 0.2) is 0 Å². The minimum Gasteiger partial charge on any atom is -0.375 e. The summed E-state index contributed by atoms with van der Waals surface area (Å²) in [5, 5.41) is 8.89. The Morgan fingerprint density at radius 1 is 1.41 bits per heavy atom. The van der Waals surface area contributed by atoms with Crippen LogP contribution in [0.5, 0.6) is 0 Å². The van der Waals surface area contributed by atoms with E-state index in [1.54, 1.807) is 0 Å². The maximum absolute atomic E-state index is 12.3. The molecule has 1 aromatic carbocycles. The van der Waals surface area contributed by atoms with Crippen LogP contribution in [0, 0.1) is 0 Å². The van der Waals surface area contributed by atoms with Gasteiger partial charge >= 0.3 is 0 Å². The number of amides is 2. The van der Waals surface area contributed by atoms with Gasteiger partial charge in [-0.25, -0.2) is 0 Å². The van der Waals surface area contributed by atoms with E-state index < -0.39 is 0 Å². The first-order valence-electron chi connectivity index (χ1n) is 7.50. The Hall–Kier alpha value is -1.92. The van der Waals surface area contributed by atoms with Crippen LogP contribution in [0.4, 0.5) is 5.69 Å². The average molecular weight is 305 g/mol. The third-order valence-electron chi connectivity index (χ3n) is 3.66. The SMILES string of the molecule is CC(=O)Nc1cccc(C(C)NC(=O)[C@H]2NCCO[C@@H]2C)c1. The number of morpholine rings is 1. The van der Waals surface area contributed by atoms with Crippen LogP contribution >= 0.6 is 0 Å². The van der Waals surface area contributed by atoms with E-state index in [1.807, 2.05) is 38.1 Å². The minimum absolute atomic E-state index is 0.0790. The molecule has 0 aromatic heterocycles. The molecule has 0 radical (unpaired) electrons. The Morgan fingerprint density at radius 2 is 2.18 bits per heavy atom. The van der Waals surface area contributed by atoms with E-state index in [1.165, 1.54) is 6.92 Å². The Labute approximate surface area is 130 Å². The zero-order chi connectivity index (χ0) is 16.1. The van der Waals surface area contributed by atoms with Gasteiger partial charge in [-0.05, 0) is 31.5 Å². The quantitative estimate of drug-likeness (QED) is 0.781. The van der Waals surface area contributed by atoms with E-state index in [2.05, 4.69) is 16.0 Å². The highest BCUT2D eigenvalue weighted by Crippen LogP contribution is 2.18. The van der Waals surface area contributed by atoms with Crippen molar-refractivity contribution >= 4 is 17.5 Å². The second-order valence-electron chi connectivity index (χ2n) is 5.54. The second-order valence-corrected chi connectivity index (χ2v) is 5.54. The number of anilines is 1. The number of carbonyl (C=O) groups is 2. The van der Waals surface area contributed by atoms with E-state index >= 15 is 0 Å². The lowest BCUT2D eigenvalue weighted by Gasteiger charge is -2.30. The molecule has 2 amide bonds. The molecule has 120 valence electrons. The summed E-state index contributed by atoms with van der Waals surface area (Å²) in [6, 6.07) is 6.96. The molecule has 6 nitrogen and oxygen atoms in total. The molecule has 1 aliphatic heterocycles. The number of nitrogens with one attached hydrogen (secondary N) is 3. The third-order valence-corrected chi connectivity index (χ3v) is 3.66. The van der Waals surface area contributed by atoms with Gasteiger partial charge < -0.3 is 20.7 Å². The summed E-state index contributed by atoms with van der Waals surface area (Å²) >= 11 is 0. The Kier molecular flexibility index (Phi) is 5.51. The van der Waals surface area contributed by atoms with Gasteiger partial charge in [-0.15, -0.1) is 0 Å². The maximum atomic E-state index is 12.3. The van der Waals surface area contributed by atoms with E-state index in [0.29, 0.717) is 13.2 Å². The van der Waals surface area contributed by atoms with Crippen LogP contribution in [0.1, 0.15) is 32.4 Å². The highest BCUT2D eigenvalue weighted by molar-refractivity contribution is 5.88. The lowest BCUT2D eigenvalue weighted by molar-refractivity contribution is -0.129. The Balaban J connectivity index is 2.00. The molecule has 22 heavy (non-hydrogen) atoms. The van der Waals surface area contributed by atoms with Gasteiger partial charge in [0.05, 0.1) is 18.8 Å². The van der Waals surface area contributed by atoms with Crippen molar-refractivity contribution in [1.29, 1.82) is 0 Å². The minimum atomic E-state index is -0.338. The van der Waals surface area contributed by atoms with Crippen LogP contribution in [0.15, 0.2) is 24.3 Å². The van der Waals surface area contributed by atoms with Gasteiger partial charge in [0, 0.05) is 19.2 Å². The molecule has 3 N–H and O–H groups in total. The van der Waals surface area contributed by atoms with Crippen LogP contribution in [0.25, 0.3) is 0 Å². The molecule has 0 aliphatic carbocycles. The van der Waals surface area contributed by atoms with Gasteiger partial charge in [0.1, 0.15) is 6.04 Å². The zero-order valence-corrected chi connectivity index (χ0v) is 13.2. The summed E-state index contributed by atoms with van der Waals surface area (Å²) in [6.45, 7) is 6.57. The molecule has 6 heteroatoms. The number of hydrogen-bond acceptors (Lipinski definition) is 4. The first kappa shape index (κ1) is 16.5. The van der Waals surface area contributed by atoms with Crippen LogP contribution in [-0.2, 0) is 14.3 Å². The summed E-state index contributed by atoms with van der Waals surface area (Å²) in [7, 11) is 0. The summed E-state index contributed by atoms with van der Waals surface area (Å²) in [6.07, 6.45) is -0.147. The van der Waals surface area contributed by atoms with Gasteiger partial charge in [-0.1, -0.05) is 12.1 Å². The maximum Gasteiger partial charge on any atom is 0.240 e. The summed E-state index contributed by atoms with van der Waals surface area (Å²) in [5.74, 6) is -0.198. The third kappa shape index (κ3) is 4.29. The number of carbonyl (C=O) groups excluding carboxylic acids is 2. The van der Waals surface area contributed by atoms with E-state index in [-0.39, 0.29) is 30.0 Å². The molecule has 1 aliphatic rings. The topological polar surface area (TPSA) is 79.5 Å². The molecule has 0 spiro atoms. The number of benzene rings is 1. The Morgan fingerprint density at radius 3 is 2.86 bits per heavy atom. The van der Waals surface area contributed by atoms with Gasteiger partial charge in [0.2, 0.25) is 11.8 Å². The molecule has 0 bridgehead atoms. The van der Waals surface area contributed by atoms with Crippen molar-refractivity contribution < 1.29 is 14.3 Å². The fourth-order valence-corrected chi connectivity index (χ4v) is 2.50. The van der Waals surface area contributed by atoms with Crippen molar-refractivity contribution in [2.24, 2.45) is 0 Å². The summed E-state index contributed by atoms with van der Waals surface area (Å²) in [5.41, 5.74) is 1.66. The van der Waals surface area contributed by atoms with Gasteiger partial charge in [-0.3, -0.25) is 9.59 Å². The number of rotatable bonds is 4. The average Bonchev–Trinajstić information content (AvgIpc) is 2.47. The first-order valence-corrected chi connectivity index (χ1v) is 7.50. The smallest absolute Gasteiger partial charge is 0.240 e. The number of ether oxygens (including phenoxy) is 1. The zero-order valence-electron chi connectivity index (χ0n) is 13.2. The van der Waals surface area contributed by atoms with Crippen molar-refractivity contribution in [2.45, 2.75) is 39.0 Å². The number of hydrogen-bond donors (Lipinski definition) is 3. The fourth-order valence-electron chi connectivity index (χ4n) is 2.50. The van der Waals surface area contributed by atoms with Crippen molar-refractivity contribution in [3.63, 3.8) is 0 Å². The lowest BCUT2D eigenvalue weighted by atomic mass is 10.1. The molecule has 2 rings (SSSR count). The van der Waals surface area contributed by atoms with E-state index in [4.69, 9.17) is 4.74 Å². The normalized spacial score (nSPS) is 22.7. The molecular formula is C16H23N3O3. The Bertz CT molecular complexity index is 547. The predicted octanol–water partition coefficient (Wildman–Crippen LogP) is 1.20. The van der Waals surface area contributed by atoms with E-state index in [0.717, 1.165) is 11.3 Å². The van der Waals surface area contributed by atoms with Crippen molar-refractivity contribution in [2.75, 3.05) is 18.5 Å². The highest BCUT2D eigenvalue weighted by Gasteiger charge is 2.29. The molecule has 3 atom stereocenters. The van der Waals surface area contributed by atoms with Crippen LogP contribution in [-0.4, -0.2) is 37.1 Å². The monoisotopic (exact) mass is 305 g/mol. The van der Waals surface area contributed by atoms with Crippen LogP contribution < -0.4 is 16.0 Å². The lowest BCUT2D eigenvalue weighted by Crippen LogP contribution is -2.55. The summed E-state index contributed by atoms with van der Waals surface area (Å²) in [4.78, 5) is 23.4. The molecule has 1 unspecified atom stereocenters. The largest absolute Gasteiger partial charge is 0.375 e. The molecular weight excluding hydrogens is 282 g/mol. The molecule has 1 heterocycles. The fraction of sp³-hybridized carbons (Fsp3) is 0.500. The van der Waals surface area contributed by atoms with Crippen molar-refractivity contribution in [3.8, 4) is 0 Å². The second kappa shape index (κ2) is 7.38. The molecule has 1 fully saturated rings. The van der Waals surface area contributed by atoms with Crippen LogP contribution in [0.3, 0.4) is 0 Å². The van der Waals surface area contributed by atoms with Crippen LogP contribution in [0.2, 0.25) is 0 Å². The van der Waals surface area contributed by atoms with Crippen molar-refractivity contribution in [3.05, 3.63) is 29.8 Å².